The van der Waals surface area contributed by atoms with Crippen LogP contribution in [-0.4, -0.2) is 42.9 Å². The molecule has 0 aromatic heterocycles. The first-order chi connectivity index (χ1) is 10.2. The molecule has 5 heteroatoms. The minimum absolute atomic E-state index is 0.250. The highest BCUT2D eigenvalue weighted by Crippen LogP contribution is 2.21. The van der Waals surface area contributed by atoms with Crippen molar-refractivity contribution in [1.29, 1.82) is 0 Å². The number of hydrogen-bond donors (Lipinski definition) is 1. The van der Waals surface area contributed by atoms with Gasteiger partial charge in [-0.25, -0.2) is 0 Å². The van der Waals surface area contributed by atoms with Gasteiger partial charge in [0, 0.05) is 29.2 Å². The quantitative estimate of drug-likeness (QED) is 0.799. The fraction of sp³-hybridized carbons (Fsp3) is 0.625. The van der Waals surface area contributed by atoms with Gasteiger partial charge in [0.15, 0.2) is 0 Å². The van der Waals surface area contributed by atoms with Gasteiger partial charge in [-0.3, -0.25) is 4.21 Å². The third kappa shape index (κ3) is 4.80. The van der Waals surface area contributed by atoms with Gasteiger partial charge in [-0.1, -0.05) is 13.0 Å². The molecule has 1 aromatic rings. The zero-order valence-corrected chi connectivity index (χ0v) is 13.7. The molecule has 1 aliphatic rings. The van der Waals surface area contributed by atoms with Crippen molar-refractivity contribution in [2.24, 2.45) is 5.92 Å². The Balaban J connectivity index is 2.01. The monoisotopic (exact) mass is 311 g/mol. The Labute approximate surface area is 129 Å². The van der Waals surface area contributed by atoms with E-state index < -0.39 is 10.8 Å². The molecule has 1 saturated heterocycles. The molecule has 0 radical (unpaired) electrons. The van der Waals surface area contributed by atoms with E-state index in [0.717, 1.165) is 43.2 Å². The maximum Gasteiger partial charge on any atom is 0.120 e. The summed E-state index contributed by atoms with van der Waals surface area (Å²) < 4.78 is 23.3. The van der Waals surface area contributed by atoms with Gasteiger partial charge < -0.3 is 14.8 Å². The fourth-order valence-corrected chi connectivity index (χ4v) is 3.95. The van der Waals surface area contributed by atoms with Crippen molar-refractivity contribution in [2.75, 3.05) is 32.6 Å². The van der Waals surface area contributed by atoms with E-state index >= 15 is 0 Å². The molecule has 2 rings (SSSR count). The third-order valence-corrected chi connectivity index (χ3v) is 5.27. The molecule has 0 amide bonds. The molecule has 1 heterocycles. The van der Waals surface area contributed by atoms with E-state index in [1.807, 2.05) is 24.3 Å². The van der Waals surface area contributed by atoms with Crippen LogP contribution in [0.25, 0.3) is 0 Å². The first-order valence-corrected chi connectivity index (χ1v) is 8.90. The third-order valence-electron chi connectivity index (χ3n) is 3.83. The zero-order chi connectivity index (χ0) is 15.1. The molecule has 21 heavy (non-hydrogen) atoms. The van der Waals surface area contributed by atoms with E-state index in [1.54, 1.807) is 7.11 Å². The highest BCUT2D eigenvalue weighted by atomic mass is 32.2. The van der Waals surface area contributed by atoms with Crippen LogP contribution in [0.5, 0.6) is 5.75 Å². The molecule has 3 unspecified atom stereocenters. The van der Waals surface area contributed by atoms with Crippen LogP contribution in [0.4, 0.5) is 0 Å². The van der Waals surface area contributed by atoms with Crippen LogP contribution < -0.4 is 10.1 Å². The minimum atomic E-state index is -1.02. The summed E-state index contributed by atoms with van der Waals surface area (Å²) in [7, 11) is 0.606. The Morgan fingerprint density at radius 3 is 3.05 bits per heavy atom. The zero-order valence-electron chi connectivity index (χ0n) is 12.8. The second-order valence-electron chi connectivity index (χ2n) is 5.38. The van der Waals surface area contributed by atoms with E-state index in [-0.39, 0.29) is 6.04 Å². The molecule has 4 nitrogen and oxygen atoms in total. The molecular weight excluding hydrogens is 286 g/mol. The number of nitrogens with one attached hydrogen (secondary N) is 1. The van der Waals surface area contributed by atoms with E-state index in [4.69, 9.17) is 9.47 Å². The molecular formula is C16H25NO3S. The van der Waals surface area contributed by atoms with Crippen LogP contribution in [0, 0.1) is 5.92 Å². The van der Waals surface area contributed by atoms with E-state index in [9.17, 15) is 4.21 Å². The Kier molecular flexibility index (Phi) is 6.67. The summed E-state index contributed by atoms with van der Waals surface area (Å²) in [6.07, 6.45) is 2.13. The SMILES string of the molecule is CCCNC(CS(=O)c1cccc(OC)c1)C1CCOC1. The number of rotatable bonds is 8. The minimum Gasteiger partial charge on any atom is -0.497 e. The lowest BCUT2D eigenvalue weighted by molar-refractivity contribution is 0.179. The predicted octanol–water partition coefficient (Wildman–Crippen LogP) is 2.21. The number of methoxy groups -OCH3 is 1. The van der Waals surface area contributed by atoms with Crippen molar-refractivity contribution in [1.82, 2.24) is 5.32 Å². The second kappa shape index (κ2) is 8.51. The summed E-state index contributed by atoms with van der Waals surface area (Å²) in [4.78, 5) is 0.830. The molecule has 0 aliphatic carbocycles. The van der Waals surface area contributed by atoms with Gasteiger partial charge in [-0.2, -0.15) is 0 Å². The van der Waals surface area contributed by atoms with Gasteiger partial charge in [0.05, 0.1) is 24.5 Å². The fourth-order valence-electron chi connectivity index (χ4n) is 2.56. The average Bonchev–Trinajstić information content (AvgIpc) is 3.05. The van der Waals surface area contributed by atoms with Crippen LogP contribution in [0.2, 0.25) is 0 Å². The predicted molar refractivity (Wildman–Crippen MR) is 85.3 cm³/mol. The lowest BCUT2D eigenvalue weighted by Crippen LogP contribution is -2.41. The summed E-state index contributed by atoms with van der Waals surface area (Å²) in [6.45, 7) is 4.70. The first kappa shape index (κ1) is 16.5. The molecule has 1 aromatic carbocycles. The topological polar surface area (TPSA) is 47.6 Å². The van der Waals surface area contributed by atoms with Gasteiger partial charge >= 0.3 is 0 Å². The maximum absolute atomic E-state index is 12.6. The second-order valence-corrected chi connectivity index (χ2v) is 6.87. The van der Waals surface area contributed by atoms with E-state index in [1.165, 1.54) is 0 Å². The van der Waals surface area contributed by atoms with E-state index in [0.29, 0.717) is 11.7 Å². The molecule has 118 valence electrons. The lowest BCUT2D eigenvalue weighted by Gasteiger charge is -2.23. The average molecular weight is 311 g/mol. The van der Waals surface area contributed by atoms with Crippen LogP contribution in [0.3, 0.4) is 0 Å². The van der Waals surface area contributed by atoms with Crippen molar-refractivity contribution in [3.05, 3.63) is 24.3 Å². The molecule has 1 fully saturated rings. The Hall–Kier alpha value is -0.910. The van der Waals surface area contributed by atoms with Crippen molar-refractivity contribution in [2.45, 2.75) is 30.7 Å². The van der Waals surface area contributed by atoms with Gasteiger partial charge in [0.2, 0.25) is 0 Å². The molecule has 0 saturated carbocycles. The van der Waals surface area contributed by atoms with Crippen LogP contribution in [-0.2, 0) is 15.5 Å². The Bertz CT molecular complexity index is 461. The highest BCUT2D eigenvalue weighted by Gasteiger charge is 2.27. The standard InChI is InChI=1S/C16H25NO3S/c1-3-8-17-16(13-7-9-20-11-13)12-21(18)15-6-4-5-14(10-15)19-2/h4-6,10,13,16-17H,3,7-9,11-12H2,1-2H3. The van der Waals surface area contributed by atoms with Gasteiger partial charge in [-0.15, -0.1) is 0 Å². The smallest absolute Gasteiger partial charge is 0.120 e. The van der Waals surface area contributed by atoms with E-state index in [2.05, 4.69) is 12.2 Å². The number of hydrogen-bond acceptors (Lipinski definition) is 4. The van der Waals surface area contributed by atoms with Crippen LogP contribution in [0.15, 0.2) is 29.2 Å². The van der Waals surface area contributed by atoms with Crippen LogP contribution >= 0.6 is 0 Å². The Morgan fingerprint density at radius 1 is 1.52 bits per heavy atom. The molecule has 0 spiro atoms. The van der Waals surface area contributed by atoms with Crippen molar-refractivity contribution in [3.63, 3.8) is 0 Å². The number of ether oxygens (including phenoxy) is 2. The molecule has 1 N–H and O–H groups in total. The van der Waals surface area contributed by atoms with Gasteiger partial charge in [-0.05, 0) is 37.6 Å². The maximum atomic E-state index is 12.6. The van der Waals surface area contributed by atoms with Crippen LogP contribution in [0.1, 0.15) is 19.8 Å². The summed E-state index contributed by atoms with van der Waals surface area (Å²) in [5, 5.41) is 3.54. The largest absolute Gasteiger partial charge is 0.497 e. The van der Waals surface area contributed by atoms with Crippen molar-refractivity contribution < 1.29 is 13.7 Å². The lowest BCUT2D eigenvalue weighted by atomic mass is 10.0. The van der Waals surface area contributed by atoms with Crippen molar-refractivity contribution in [3.8, 4) is 5.75 Å². The summed E-state index contributed by atoms with van der Waals surface area (Å²) in [5.41, 5.74) is 0. The molecule has 1 aliphatic heterocycles. The summed E-state index contributed by atoms with van der Waals surface area (Å²) >= 11 is 0. The highest BCUT2D eigenvalue weighted by molar-refractivity contribution is 7.85. The normalized spacial score (nSPS) is 21.1. The van der Waals surface area contributed by atoms with Gasteiger partial charge in [0.1, 0.15) is 5.75 Å². The first-order valence-electron chi connectivity index (χ1n) is 7.58. The summed E-state index contributed by atoms with van der Waals surface area (Å²) in [5.74, 6) is 1.84. The Morgan fingerprint density at radius 2 is 2.38 bits per heavy atom. The number of benzene rings is 1. The summed E-state index contributed by atoms with van der Waals surface area (Å²) in [6, 6.07) is 7.77. The van der Waals surface area contributed by atoms with Crippen molar-refractivity contribution >= 4 is 10.8 Å². The molecule has 0 bridgehead atoms. The molecule has 3 atom stereocenters. The van der Waals surface area contributed by atoms with Gasteiger partial charge in [0.25, 0.3) is 0 Å².